The maximum atomic E-state index is 12.2. The molecule has 2 nitrogen and oxygen atoms in total. The standard InChI is InChI=1S/C8H8F3NO/c1-5-3-6(8(9,10)11)12-7(4-5)13-2/h3-4H,1-2H3. The van der Waals surface area contributed by atoms with E-state index in [9.17, 15) is 13.2 Å². The topological polar surface area (TPSA) is 22.1 Å². The van der Waals surface area contributed by atoms with E-state index in [1.165, 1.54) is 13.2 Å². The number of halogens is 3. The molecule has 13 heavy (non-hydrogen) atoms. The fraction of sp³-hybridized carbons (Fsp3) is 0.375. The number of aryl methyl sites for hydroxylation is 1. The molecule has 0 spiro atoms. The van der Waals surface area contributed by atoms with Crippen LogP contribution in [0, 0.1) is 6.92 Å². The summed E-state index contributed by atoms with van der Waals surface area (Å²) in [6, 6.07) is 2.41. The summed E-state index contributed by atoms with van der Waals surface area (Å²) in [5.41, 5.74) is -0.455. The van der Waals surface area contributed by atoms with E-state index in [2.05, 4.69) is 9.72 Å². The van der Waals surface area contributed by atoms with Gasteiger partial charge in [-0.05, 0) is 18.6 Å². The Labute approximate surface area is 73.4 Å². The summed E-state index contributed by atoms with van der Waals surface area (Å²) in [5, 5.41) is 0. The van der Waals surface area contributed by atoms with Crippen molar-refractivity contribution in [2.45, 2.75) is 13.1 Å². The largest absolute Gasteiger partial charge is 0.481 e. The van der Waals surface area contributed by atoms with E-state index in [4.69, 9.17) is 0 Å². The molecule has 0 amide bonds. The lowest BCUT2D eigenvalue weighted by Gasteiger charge is -2.08. The quantitative estimate of drug-likeness (QED) is 0.680. The first-order valence-electron chi connectivity index (χ1n) is 3.53. The van der Waals surface area contributed by atoms with Crippen LogP contribution < -0.4 is 4.74 Å². The summed E-state index contributed by atoms with van der Waals surface area (Å²) in [7, 11) is 1.28. The Bertz CT molecular complexity index is 309. The lowest BCUT2D eigenvalue weighted by Crippen LogP contribution is -2.08. The van der Waals surface area contributed by atoms with Crippen molar-refractivity contribution < 1.29 is 17.9 Å². The Morgan fingerprint density at radius 3 is 2.38 bits per heavy atom. The molecule has 0 radical (unpaired) electrons. The zero-order valence-electron chi connectivity index (χ0n) is 7.14. The number of hydrogen-bond acceptors (Lipinski definition) is 2. The summed E-state index contributed by atoms with van der Waals surface area (Å²) in [6.45, 7) is 1.56. The lowest BCUT2D eigenvalue weighted by molar-refractivity contribution is -0.141. The molecule has 0 aliphatic rings. The average Bonchev–Trinajstić information content (AvgIpc) is 2.01. The van der Waals surface area contributed by atoms with Gasteiger partial charge in [-0.15, -0.1) is 0 Å². The number of aromatic nitrogens is 1. The number of nitrogens with zero attached hydrogens (tertiary/aromatic N) is 1. The lowest BCUT2D eigenvalue weighted by atomic mass is 10.2. The van der Waals surface area contributed by atoms with Crippen LogP contribution in [0.25, 0.3) is 0 Å². The van der Waals surface area contributed by atoms with Crippen LogP contribution in [0.5, 0.6) is 5.88 Å². The third kappa shape index (κ3) is 2.34. The highest BCUT2D eigenvalue weighted by Gasteiger charge is 2.33. The normalized spacial score (nSPS) is 11.5. The van der Waals surface area contributed by atoms with Gasteiger partial charge in [0.2, 0.25) is 5.88 Å². The molecule has 0 unspecified atom stereocenters. The molecule has 0 saturated carbocycles. The zero-order chi connectivity index (χ0) is 10.1. The van der Waals surface area contributed by atoms with E-state index in [1.807, 2.05) is 0 Å². The van der Waals surface area contributed by atoms with Crippen LogP contribution in [0.4, 0.5) is 13.2 Å². The third-order valence-corrected chi connectivity index (χ3v) is 1.45. The van der Waals surface area contributed by atoms with E-state index in [0.717, 1.165) is 6.07 Å². The minimum absolute atomic E-state index is 0.0210. The maximum Gasteiger partial charge on any atom is 0.433 e. The molecule has 0 aliphatic heterocycles. The van der Waals surface area contributed by atoms with E-state index < -0.39 is 11.9 Å². The molecule has 1 aromatic rings. The van der Waals surface area contributed by atoms with Crippen molar-refractivity contribution in [3.63, 3.8) is 0 Å². The van der Waals surface area contributed by atoms with Crippen molar-refractivity contribution in [1.82, 2.24) is 4.98 Å². The van der Waals surface area contributed by atoms with Crippen molar-refractivity contribution in [3.05, 3.63) is 23.4 Å². The number of hydrogen-bond donors (Lipinski definition) is 0. The van der Waals surface area contributed by atoms with Gasteiger partial charge in [0.25, 0.3) is 0 Å². The molecule has 0 aliphatic carbocycles. The second-order valence-corrected chi connectivity index (χ2v) is 2.57. The van der Waals surface area contributed by atoms with Gasteiger partial charge in [0.1, 0.15) is 5.69 Å². The van der Waals surface area contributed by atoms with E-state index >= 15 is 0 Å². The Kier molecular flexibility index (Phi) is 2.45. The van der Waals surface area contributed by atoms with Gasteiger partial charge in [-0.25, -0.2) is 4.98 Å². The van der Waals surface area contributed by atoms with Crippen LogP contribution in [0.15, 0.2) is 12.1 Å². The predicted octanol–water partition coefficient (Wildman–Crippen LogP) is 2.42. The van der Waals surface area contributed by atoms with Gasteiger partial charge in [0, 0.05) is 6.07 Å². The zero-order valence-corrected chi connectivity index (χ0v) is 7.14. The summed E-state index contributed by atoms with van der Waals surface area (Å²) in [6.07, 6.45) is -4.42. The van der Waals surface area contributed by atoms with Gasteiger partial charge in [-0.2, -0.15) is 13.2 Å². The first-order chi connectivity index (χ1) is 5.93. The van der Waals surface area contributed by atoms with Gasteiger partial charge >= 0.3 is 6.18 Å². The smallest absolute Gasteiger partial charge is 0.433 e. The van der Waals surface area contributed by atoms with Gasteiger partial charge in [-0.3, -0.25) is 0 Å². The molecule has 1 aromatic heterocycles. The molecule has 72 valence electrons. The fourth-order valence-corrected chi connectivity index (χ4v) is 0.885. The highest BCUT2D eigenvalue weighted by atomic mass is 19.4. The fourth-order valence-electron chi connectivity index (χ4n) is 0.885. The molecule has 0 saturated heterocycles. The average molecular weight is 191 g/mol. The number of alkyl halides is 3. The minimum Gasteiger partial charge on any atom is -0.481 e. The van der Waals surface area contributed by atoms with Crippen LogP contribution >= 0.6 is 0 Å². The molecule has 0 N–H and O–H groups in total. The molecular formula is C8H8F3NO. The van der Waals surface area contributed by atoms with Crippen molar-refractivity contribution >= 4 is 0 Å². The van der Waals surface area contributed by atoms with Gasteiger partial charge < -0.3 is 4.74 Å². The predicted molar refractivity (Wildman–Crippen MR) is 40.5 cm³/mol. The highest BCUT2D eigenvalue weighted by molar-refractivity contribution is 5.25. The van der Waals surface area contributed by atoms with Crippen molar-refractivity contribution in [2.24, 2.45) is 0 Å². The molecule has 1 heterocycles. The number of methoxy groups -OCH3 is 1. The van der Waals surface area contributed by atoms with Crippen LogP contribution in [-0.4, -0.2) is 12.1 Å². The van der Waals surface area contributed by atoms with E-state index in [-0.39, 0.29) is 5.88 Å². The Hall–Kier alpha value is -1.26. The van der Waals surface area contributed by atoms with E-state index in [1.54, 1.807) is 6.92 Å². The molecule has 0 fully saturated rings. The van der Waals surface area contributed by atoms with Crippen LogP contribution in [-0.2, 0) is 6.18 Å². The number of pyridine rings is 1. The van der Waals surface area contributed by atoms with Crippen LogP contribution in [0.2, 0.25) is 0 Å². The second kappa shape index (κ2) is 3.24. The Morgan fingerprint density at radius 2 is 1.92 bits per heavy atom. The first-order valence-corrected chi connectivity index (χ1v) is 3.53. The van der Waals surface area contributed by atoms with Gasteiger partial charge in [0.15, 0.2) is 0 Å². The Balaban J connectivity index is 3.16. The third-order valence-electron chi connectivity index (χ3n) is 1.45. The summed E-state index contributed by atoms with van der Waals surface area (Å²) < 4.78 is 41.1. The van der Waals surface area contributed by atoms with Crippen LogP contribution in [0.3, 0.4) is 0 Å². The second-order valence-electron chi connectivity index (χ2n) is 2.57. The van der Waals surface area contributed by atoms with Crippen LogP contribution in [0.1, 0.15) is 11.3 Å². The maximum absolute atomic E-state index is 12.2. The first kappa shape index (κ1) is 9.83. The number of ether oxygens (including phenoxy) is 1. The molecule has 0 aromatic carbocycles. The molecular weight excluding hydrogens is 183 g/mol. The Morgan fingerprint density at radius 1 is 1.31 bits per heavy atom. The van der Waals surface area contributed by atoms with E-state index in [0.29, 0.717) is 5.56 Å². The monoisotopic (exact) mass is 191 g/mol. The van der Waals surface area contributed by atoms with Gasteiger partial charge in [0.05, 0.1) is 7.11 Å². The molecule has 5 heteroatoms. The molecule has 1 rings (SSSR count). The van der Waals surface area contributed by atoms with Crippen molar-refractivity contribution in [1.29, 1.82) is 0 Å². The SMILES string of the molecule is COc1cc(C)cc(C(F)(F)F)n1. The van der Waals surface area contributed by atoms with Crippen molar-refractivity contribution in [2.75, 3.05) is 7.11 Å². The summed E-state index contributed by atoms with van der Waals surface area (Å²) in [5.74, 6) is -0.0210. The number of rotatable bonds is 1. The molecule has 0 bridgehead atoms. The van der Waals surface area contributed by atoms with Gasteiger partial charge in [-0.1, -0.05) is 0 Å². The summed E-state index contributed by atoms with van der Waals surface area (Å²) >= 11 is 0. The molecule has 0 atom stereocenters. The minimum atomic E-state index is -4.42. The van der Waals surface area contributed by atoms with Crippen molar-refractivity contribution in [3.8, 4) is 5.88 Å². The summed E-state index contributed by atoms with van der Waals surface area (Å²) in [4.78, 5) is 3.28. The highest BCUT2D eigenvalue weighted by Crippen LogP contribution is 2.29.